The molecule has 238 valence electrons. The highest BCUT2D eigenvalue weighted by molar-refractivity contribution is 5.91. The summed E-state index contributed by atoms with van der Waals surface area (Å²) < 4.78 is 82.5. The Morgan fingerprint density at radius 3 is 2.16 bits per heavy atom. The number of anilines is 1. The average molecular weight is 635 g/mol. The zero-order valence-corrected chi connectivity index (χ0v) is 23.8. The summed E-state index contributed by atoms with van der Waals surface area (Å²) in [5, 5.41) is 12.2. The number of alkyl halides is 6. The van der Waals surface area contributed by atoms with Crippen molar-refractivity contribution < 1.29 is 31.1 Å². The van der Waals surface area contributed by atoms with Gasteiger partial charge in [0.15, 0.2) is 5.65 Å². The van der Waals surface area contributed by atoms with Gasteiger partial charge >= 0.3 is 12.4 Å². The molecular weight excluding hydrogens is 606 g/mol. The highest BCUT2D eigenvalue weighted by Gasteiger charge is 2.70. The Morgan fingerprint density at radius 2 is 1.62 bits per heavy atom. The van der Waals surface area contributed by atoms with E-state index in [0.29, 0.717) is 41.8 Å². The molecule has 6 heterocycles. The monoisotopic (exact) mass is 634 g/mol. The first-order valence-corrected chi connectivity index (χ1v) is 14.5. The van der Waals surface area contributed by atoms with Crippen LogP contribution in [0.15, 0.2) is 24.5 Å². The van der Waals surface area contributed by atoms with Crippen LogP contribution in [0.1, 0.15) is 83.8 Å². The maximum absolute atomic E-state index is 13.5. The second kappa shape index (κ2) is 9.86. The maximum atomic E-state index is 13.5. The van der Waals surface area contributed by atoms with E-state index in [4.69, 9.17) is 16.5 Å². The molecule has 5 N–H and O–H groups in total. The number of piperidine rings is 1. The van der Waals surface area contributed by atoms with Crippen LogP contribution in [-0.2, 0) is 5.54 Å². The molecule has 7 rings (SSSR count). The first kappa shape index (κ1) is 29.4. The number of H-pyrrole nitrogens is 1. The van der Waals surface area contributed by atoms with Gasteiger partial charge in [-0.25, -0.2) is 4.98 Å². The van der Waals surface area contributed by atoms with Gasteiger partial charge in [-0.3, -0.25) is 9.78 Å². The van der Waals surface area contributed by atoms with Gasteiger partial charge in [0.25, 0.3) is 11.4 Å². The van der Waals surface area contributed by atoms with Gasteiger partial charge in [-0.05, 0) is 57.4 Å². The Hall–Kier alpha value is -4.28. The van der Waals surface area contributed by atoms with Crippen molar-refractivity contribution >= 4 is 17.4 Å². The molecule has 0 radical (unpaired) electrons. The van der Waals surface area contributed by atoms with Crippen LogP contribution in [0.5, 0.6) is 0 Å². The lowest BCUT2D eigenvalue weighted by atomic mass is 9.85. The summed E-state index contributed by atoms with van der Waals surface area (Å²) in [6.45, 7) is 1.72. The number of hydrogen-bond donors (Lipinski definition) is 3. The molecule has 2 saturated heterocycles. The molecule has 3 fully saturated rings. The van der Waals surface area contributed by atoms with E-state index in [1.54, 1.807) is 6.92 Å². The van der Waals surface area contributed by atoms with E-state index in [0.717, 1.165) is 49.2 Å². The van der Waals surface area contributed by atoms with E-state index >= 15 is 0 Å². The largest absolute Gasteiger partial charge is 0.421 e. The fourth-order valence-corrected chi connectivity index (χ4v) is 6.88. The Labute approximate surface area is 251 Å². The van der Waals surface area contributed by atoms with Crippen molar-refractivity contribution in [1.29, 1.82) is 0 Å². The number of aryl methyl sites for hydroxylation is 1. The average Bonchev–Trinajstić information content (AvgIpc) is 3.47. The second-order valence-electron chi connectivity index (χ2n) is 12.1. The molecule has 2 aliphatic heterocycles. The predicted molar refractivity (Wildman–Crippen MR) is 147 cm³/mol. The van der Waals surface area contributed by atoms with Crippen LogP contribution >= 0.6 is 0 Å². The lowest BCUT2D eigenvalue weighted by Gasteiger charge is -2.39. The number of nitrogens with two attached hydrogens (primary N) is 2. The van der Waals surface area contributed by atoms with E-state index in [1.807, 2.05) is 4.90 Å². The minimum Gasteiger partial charge on any atom is -0.383 e. The topological polar surface area (TPSA) is 157 Å². The van der Waals surface area contributed by atoms with Crippen molar-refractivity contribution in [3.63, 3.8) is 0 Å². The van der Waals surface area contributed by atoms with Gasteiger partial charge < -0.3 is 21.4 Å². The second-order valence-corrected chi connectivity index (χ2v) is 12.1. The van der Waals surface area contributed by atoms with Crippen LogP contribution in [0.25, 0.3) is 16.8 Å². The maximum Gasteiger partial charge on any atom is 0.421 e. The first-order chi connectivity index (χ1) is 21.2. The summed E-state index contributed by atoms with van der Waals surface area (Å²) in [4.78, 5) is 26.6. The van der Waals surface area contributed by atoms with E-state index in [1.165, 1.54) is 10.7 Å². The number of nitrogens with zero attached hydrogens (tertiary/aromatic N) is 7. The third-order valence-electron chi connectivity index (χ3n) is 9.26. The van der Waals surface area contributed by atoms with Crippen LogP contribution in [0.4, 0.5) is 32.2 Å². The number of carbonyl (C=O) groups is 1. The third-order valence-corrected chi connectivity index (χ3v) is 9.26. The molecule has 0 unspecified atom stereocenters. The van der Waals surface area contributed by atoms with Gasteiger partial charge in [0.1, 0.15) is 11.6 Å². The van der Waals surface area contributed by atoms with E-state index in [-0.39, 0.29) is 41.2 Å². The minimum absolute atomic E-state index is 0.0365. The molecule has 3 atom stereocenters. The molecule has 45 heavy (non-hydrogen) atoms. The summed E-state index contributed by atoms with van der Waals surface area (Å²) in [5.41, 5.74) is 8.05. The molecule has 2 bridgehead atoms. The zero-order chi connectivity index (χ0) is 32.1. The number of aromatic amines is 1. The van der Waals surface area contributed by atoms with E-state index in [9.17, 15) is 31.1 Å². The molecule has 3 aliphatic rings. The van der Waals surface area contributed by atoms with Crippen molar-refractivity contribution in [2.45, 2.75) is 87.3 Å². The summed E-state index contributed by atoms with van der Waals surface area (Å²) in [6.07, 6.45) is -4.57. The summed E-state index contributed by atoms with van der Waals surface area (Å²) >= 11 is 0. The van der Waals surface area contributed by atoms with E-state index in [2.05, 4.69) is 25.3 Å². The molecular formula is C28H28F6N10O. The smallest absolute Gasteiger partial charge is 0.383 e. The van der Waals surface area contributed by atoms with Crippen LogP contribution < -0.4 is 11.5 Å². The van der Waals surface area contributed by atoms with Crippen LogP contribution in [0.3, 0.4) is 0 Å². The molecule has 1 aliphatic carbocycles. The molecule has 1 saturated carbocycles. The van der Waals surface area contributed by atoms with Gasteiger partial charge in [-0.15, -0.1) is 10.2 Å². The summed E-state index contributed by atoms with van der Waals surface area (Å²) in [5.74, 6) is 1.09. The Kier molecular flexibility index (Phi) is 6.45. The number of amides is 1. The van der Waals surface area contributed by atoms with Crippen LogP contribution in [-0.4, -0.2) is 70.0 Å². The normalized spacial score (nSPS) is 22.4. The summed E-state index contributed by atoms with van der Waals surface area (Å²) in [6, 6.07) is 1.61. The lowest BCUT2D eigenvalue weighted by Crippen LogP contribution is -2.61. The number of aromatic nitrogens is 7. The number of nitrogen functional groups attached to an aromatic ring is 1. The number of nitrogens with one attached hydrogen (secondary N) is 1. The third kappa shape index (κ3) is 4.53. The van der Waals surface area contributed by atoms with Crippen molar-refractivity contribution in [2.24, 2.45) is 5.73 Å². The molecule has 0 aromatic carbocycles. The van der Waals surface area contributed by atoms with Gasteiger partial charge in [-0.1, -0.05) is 6.07 Å². The molecule has 17 heteroatoms. The Morgan fingerprint density at radius 1 is 0.956 bits per heavy atom. The SMILES string of the molecule is Cc1nnc(C(=O)N2[C@@H]3CC[C@H]2C[C@H](c2nc4c(-c5ccc(C(N)(C(F)(F)F)C(F)(F)F)nc5)cnn4c(N)c2C2CC2)C3)[nH]1. The predicted octanol–water partition coefficient (Wildman–Crippen LogP) is 4.51. The fraction of sp³-hybridized carbons (Fsp3) is 0.500. The zero-order valence-electron chi connectivity index (χ0n) is 23.8. The Balaban J connectivity index is 1.25. The lowest BCUT2D eigenvalue weighted by molar-refractivity contribution is -0.303. The van der Waals surface area contributed by atoms with Crippen LogP contribution in [0, 0.1) is 6.92 Å². The Bertz CT molecular complexity index is 1760. The van der Waals surface area contributed by atoms with Crippen molar-refractivity contribution in [3.05, 3.63) is 53.1 Å². The molecule has 1 amide bonds. The number of halogens is 6. The number of rotatable bonds is 5. The molecule has 11 nitrogen and oxygen atoms in total. The highest BCUT2D eigenvalue weighted by atomic mass is 19.4. The van der Waals surface area contributed by atoms with Crippen LogP contribution in [0.2, 0.25) is 0 Å². The first-order valence-electron chi connectivity index (χ1n) is 14.5. The quantitative estimate of drug-likeness (QED) is 0.271. The summed E-state index contributed by atoms with van der Waals surface area (Å²) in [7, 11) is 0. The van der Waals surface area contributed by atoms with E-state index < -0.39 is 23.6 Å². The van der Waals surface area contributed by atoms with Crippen molar-refractivity contribution in [2.75, 3.05) is 5.73 Å². The number of carbonyl (C=O) groups excluding carboxylic acids is 1. The minimum atomic E-state index is -5.83. The number of hydrogen-bond acceptors (Lipinski definition) is 8. The van der Waals surface area contributed by atoms with Gasteiger partial charge in [0.05, 0.1) is 17.6 Å². The molecule has 4 aromatic heterocycles. The standard InChI is InChI=1S/C28H28F6N10O/c1-12-39-23(42-41-12)25(45)43-16-5-6-17(43)9-15(8-16)21-20(13-2-3-13)22(35)44-24(40-21)18(11-38-44)14-4-7-19(37-10-14)26(36,27(29,30)31)28(32,33)34/h4,7,10-11,13,15-17H,2-3,5-6,8-9,35-36H2,1H3,(H,39,41,42)/t15-,16-,17+. The van der Waals surface area contributed by atoms with Gasteiger partial charge in [-0.2, -0.15) is 36.0 Å². The fourth-order valence-electron chi connectivity index (χ4n) is 6.88. The van der Waals surface area contributed by atoms with Crippen molar-refractivity contribution in [3.8, 4) is 11.1 Å². The molecule has 4 aromatic rings. The van der Waals surface area contributed by atoms with Gasteiger partial charge in [0, 0.05) is 40.9 Å². The number of pyridine rings is 1. The van der Waals surface area contributed by atoms with Gasteiger partial charge in [0.2, 0.25) is 5.82 Å². The number of fused-ring (bicyclic) bond motifs is 3. The van der Waals surface area contributed by atoms with Crippen molar-refractivity contribution in [1.82, 2.24) is 39.7 Å². The molecule has 0 spiro atoms. The highest BCUT2D eigenvalue weighted by Crippen LogP contribution is 2.51.